The molecular weight excluding hydrogens is 326 g/mol. The van der Waals surface area contributed by atoms with Crippen LogP contribution in [0.1, 0.15) is 42.9 Å². The van der Waals surface area contributed by atoms with E-state index in [2.05, 4.69) is 29.0 Å². The molecule has 2 aliphatic carbocycles. The van der Waals surface area contributed by atoms with Crippen LogP contribution < -0.4 is 5.32 Å². The molecular formula is C21H25N3O2. The van der Waals surface area contributed by atoms with E-state index in [0.29, 0.717) is 6.04 Å². The van der Waals surface area contributed by atoms with Crippen molar-refractivity contribution in [2.45, 2.75) is 50.7 Å². The molecule has 1 fully saturated rings. The van der Waals surface area contributed by atoms with Crippen LogP contribution >= 0.6 is 0 Å². The molecule has 0 saturated heterocycles. The summed E-state index contributed by atoms with van der Waals surface area (Å²) >= 11 is 0. The van der Waals surface area contributed by atoms with Crippen LogP contribution in [-0.4, -0.2) is 34.1 Å². The van der Waals surface area contributed by atoms with Gasteiger partial charge in [-0.1, -0.05) is 18.7 Å². The maximum Gasteiger partial charge on any atom is 0.152 e. The van der Waals surface area contributed by atoms with Crippen molar-refractivity contribution in [3.63, 3.8) is 0 Å². The number of aromatic hydroxyl groups is 1. The molecule has 5 heteroatoms. The smallest absolute Gasteiger partial charge is 0.152 e. The van der Waals surface area contributed by atoms with Gasteiger partial charge in [-0.15, -0.1) is 10.2 Å². The molecule has 1 aromatic carbocycles. The lowest BCUT2D eigenvalue weighted by Crippen LogP contribution is -2.49. The Morgan fingerprint density at radius 1 is 1.27 bits per heavy atom. The number of aromatic nitrogens is 2. The standard InChI is InChI=1S/C21H25N3O2/c1-4-13-8-9-17(18(25)10-13)19-15-6-5-7-16(15)20(24-23-19)22-14-11-21(2,12-14)26-3/h4,8-10,14,25H,1,5-7,11-12H2,2-3H3,(H,22,24). The lowest BCUT2D eigenvalue weighted by molar-refractivity contribution is -0.0625. The van der Waals surface area contributed by atoms with Crippen molar-refractivity contribution in [3.05, 3.63) is 41.5 Å². The average Bonchev–Trinajstić information content (AvgIpc) is 3.11. The minimum atomic E-state index is -0.0209. The largest absolute Gasteiger partial charge is 0.507 e. The summed E-state index contributed by atoms with van der Waals surface area (Å²) in [6, 6.07) is 5.94. The summed E-state index contributed by atoms with van der Waals surface area (Å²) in [4.78, 5) is 0. The van der Waals surface area contributed by atoms with Gasteiger partial charge in [-0.3, -0.25) is 0 Å². The van der Waals surface area contributed by atoms with E-state index in [0.717, 1.165) is 54.7 Å². The highest BCUT2D eigenvalue weighted by molar-refractivity contribution is 5.74. The minimum absolute atomic E-state index is 0.0209. The number of benzene rings is 1. The summed E-state index contributed by atoms with van der Waals surface area (Å²) in [6.45, 7) is 5.88. The monoisotopic (exact) mass is 351 g/mol. The van der Waals surface area contributed by atoms with Gasteiger partial charge in [0.2, 0.25) is 0 Å². The molecule has 0 aliphatic heterocycles. The Bertz CT molecular complexity index is 857. The fourth-order valence-electron chi connectivity index (χ4n) is 4.14. The van der Waals surface area contributed by atoms with Crippen LogP contribution in [0, 0.1) is 0 Å². The number of phenolic OH excluding ortho intramolecular Hbond substituents is 1. The maximum absolute atomic E-state index is 10.4. The molecule has 2 aliphatic rings. The molecule has 4 rings (SSSR count). The van der Waals surface area contributed by atoms with Crippen LogP contribution in [0.15, 0.2) is 24.8 Å². The number of methoxy groups -OCH3 is 1. The second-order valence-electron chi connectivity index (χ2n) is 7.59. The Labute approximate surface area is 154 Å². The zero-order valence-corrected chi connectivity index (χ0v) is 15.4. The molecule has 26 heavy (non-hydrogen) atoms. The van der Waals surface area contributed by atoms with Gasteiger partial charge in [0.15, 0.2) is 5.82 Å². The fraction of sp³-hybridized carbons (Fsp3) is 0.429. The van der Waals surface area contributed by atoms with E-state index in [9.17, 15) is 5.11 Å². The Hall–Kier alpha value is -2.40. The highest BCUT2D eigenvalue weighted by Crippen LogP contribution is 2.40. The van der Waals surface area contributed by atoms with Gasteiger partial charge in [-0.25, -0.2) is 0 Å². The predicted octanol–water partition coefficient (Wildman–Crippen LogP) is 3.96. The normalized spacial score (nSPS) is 24.0. The molecule has 0 bridgehead atoms. The molecule has 0 amide bonds. The lowest BCUT2D eigenvalue weighted by Gasteiger charge is -2.44. The zero-order chi connectivity index (χ0) is 18.3. The van der Waals surface area contributed by atoms with E-state index in [-0.39, 0.29) is 11.4 Å². The van der Waals surface area contributed by atoms with E-state index in [1.165, 1.54) is 11.1 Å². The summed E-state index contributed by atoms with van der Waals surface area (Å²) in [5, 5.41) is 22.9. The van der Waals surface area contributed by atoms with Gasteiger partial charge in [0.1, 0.15) is 11.4 Å². The third kappa shape index (κ3) is 2.86. The van der Waals surface area contributed by atoms with Crippen molar-refractivity contribution in [2.75, 3.05) is 12.4 Å². The van der Waals surface area contributed by atoms with Gasteiger partial charge in [0.05, 0.1) is 5.60 Å². The maximum atomic E-state index is 10.4. The van der Waals surface area contributed by atoms with Crippen molar-refractivity contribution < 1.29 is 9.84 Å². The third-order valence-electron chi connectivity index (χ3n) is 5.74. The van der Waals surface area contributed by atoms with Crippen LogP contribution in [0.2, 0.25) is 0 Å². The van der Waals surface area contributed by atoms with Crippen LogP contribution in [0.3, 0.4) is 0 Å². The molecule has 2 aromatic rings. The van der Waals surface area contributed by atoms with Crippen molar-refractivity contribution in [1.82, 2.24) is 10.2 Å². The molecule has 2 N–H and O–H groups in total. The Morgan fingerprint density at radius 3 is 2.73 bits per heavy atom. The summed E-state index contributed by atoms with van der Waals surface area (Å²) < 4.78 is 5.53. The summed E-state index contributed by atoms with van der Waals surface area (Å²) in [6.07, 6.45) is 6.74. The molecule has 1 aromatic heterocycles. The first-order chi connectivity index (χ1) is 12.5. The highest BCUT2D eigenvalue weighted by Gasteiger charge is 2.41. The quantitative estimate of drug-likeness (QED) is 0.853. The number of nitrogens with one attached hydrogen (secondary N) is 1. The van der Waals surface area contributed by atoms with Gasteiger partial charge in [0.25, 0.3) is 0 Å². The molecule has 0 unspecified atom stereocenters. The van der Waals surface area contributed by atoms with E-state index >= 15 is 0 Å². The number of fused-ring (bicyclic) bond motifs is 1. The second kappa shape index (κ2) is 6.40. The SMILES string of the molecule is C=Cc1ccc(-c2nnc(NC3CC(C)(OC)C3)c3c2CCC3)c(O)c1. The highest BCUT2D eigenvalue weighted by atomic mass is 16.5. The van der Waals surface area contributed by atoms with Crippen LogP contribution in [-0.2, 0) is 17.6 Å². The first-order valence-corrected chi connectivity index (χ1v) is 9.19. The van der Waals surface area contributed by atoms with Gasteiger partial charge in [-0.2, -0.15) is 0 Å². The molecule has 0 spiro atoms. The molecule has 1 saturated carbocycles. The number of hydrogen-bond acceptors (Lipinski definition) is 5. The molecule has 136 valence electrons. The van der Waals surface area contributed by atoms with E-state index in [1.54, 1.807) is 19.3 Å². The van der Waals surface area contributed by atoms with Crippen molar-refractivity contribution in [3.8, 4) is 17.0 Å². The Morgan fingerprint density at radius 2 is 2.04 bits per heavy atom. The first kappa shape index (κ1) is 17.0. The van der Waals surface area contributed by atoms with Crippen molar-refractivity contribution >= 4 is 11.9 Å². The summed E-state index contributed by atoms with van der Waals surface area (Å²) in [5.74, 6) is 1.12. The van der Waals surface area contributed by atoms with E-state index in [4.69, 9.17) is 4.74 Å². The van der Waals surface area contributed by atoms with Crippen molar-refractivity contribution in [1.29, 1.82) is 0 Å². The van der Waals surface area contributed by atoms with Gasteiger partial charge in [-0.05, 0) is 62.3 Å². The van der Waals surface area contributed by atoms with Crippen LogP contribution in [0.25, 0.3) is 17.3 Å². The second-order valence-corrected chi connectivity index (χ2v) is 7.59. The van der Waals surface area contributed by atoms with E-state index in [1.807, 2.05) is 12.1 Å². The molecule has 0 radical (unpaired) electrons. The first-order valence-electron chi connectivity index (χ1n) is 9.19. The topological polar surface area (TPSA) is 67.3 Å². The van der Waals surface area contributed by atoms with E-state index < -0.39 is 0 Å². The van der Waals surface area contributed by atoms with Gasteiger partial charge < -0.3 is 15.2 Å². The summed E-state index contributed by atoms with van der Waals surface area (Å²) in [7, 11) is 1.77. The number of ether oxygens (including phenoxy) is 1. The fourth-order valence-corrected chi connectivity index (χ4v) is 4.14. The zero-order valence-electron chi connectivity index (χ0n) is 15.4. The summed E-state index contributed by atoms with van der Waals surface area (Å²) in [5.41, 5.74) is 4.86. The predicted molar refractivity (Wildman–Crippen MR) is 103 cm³/mol. The van der Waals surface area contributed by atoms with Crippen molar-refractivity contribution in [2.24, 2.45) is 0 Å². The Balaban J connectivity index is 1.63. The molecule has 5 nitrogen and oxygen atoms in total. The average molecular weight is 351 g/mol. The lowest BCUT2D eigenvalue weighted by atomic mass is 9.77. The third-order valence-corrected chi connectivity index (χ3v) is 5.74. The number of hydrogen-bond donors (Lipinski definition) is 2. The molecule has 1 heterocycles. The number of phenols is 1. The number of rotatable bonds is 5. The number of nitrogens with zero attached hydrogens (tertiary/aromatic N) is 2. The van der Waals surface area contributed by atoms with Gasteiger partial charge in [0, 0.05) is 24.3 Å². The minimum Gasteiger partial charge on any atom is -0.507 e. The molecule has 0 atom stereocenters. The van der Waals surface area contributed by atoms with Crippen LogP contribution in [0.4, 0.5) is 5.82 Å². The van der Waals surface area contributed by atoms with Crippen LogP contribution in [0.5, 0.6) is 5.75 Å². The van der Waals surface area contributed by atoms with Gasteiger partial charge >= 0.3 is 0 Å². The Kier molecular flexibility index (Phi) is 4.19. The number of anilines is 1.